The molecular weight excluding hydrogens is 618 g/mol. The van der Waals surface area contributed by atoms with E-state index in [1.54, 1.807) is 55.5 Å². The average molecular weight is 646 g/mol. The summed E-state index contributed by atoms with van der Waals surface area (Å²) in [4.78, 5) is 39.3. The van der Waals surface area contributed by atoms with Gasteiger partial charge in [-0.25, -0.2) is 23.2 Å². The Morgan fingerprint density at radius 1 is 1.13 bits per heavy atom. The Hall–Kier alpha value is -5.52. The van der Waals surface area contributed by atoms with Crippen molar-refractivity contribution in [3.63, 3.8) is 0 Å². The first-order chi connectivity index (χ1) is 21.4. The van der Waals surface area contributed by atoms with Crippen LogP contribution in [0, 0.1) is 11.3 Å². The third-order valence-electron chi connectivity index (χ3n) is 6.51. The zero-order valence-corrected chi connectivity index (χ0v) is 25.9. The second kappa shape index (κ2) is 13.4. The van der Waals surface area contributed by atoms with Crippen LogP contribution in [0.1, 0.15) is 18.8 Å². The number of hydrogen-bond donors (Lipinski definition) is 4. The van der Waals surface area contributed by atoms with Gasteiger partial charge in [-0.3, -0.25) is 14.4 Å². The van der Waals surface area contributed by atoms with Crippen LogP contribution in [-0.2, 0) is 9.84 Å². The first-order valence-corrected chi connectivity index (χ1v) is 15.5. The molecule has 0 unspecified atom stereocenters. The highest BCUT2D eigenvalue weighted by Crippen LogP contribution is 2.25. The number of aromatic nitrogens is 2. The summed E-state index contributed by atoms with van der Waals surface area (Å²) in [6.07, 6.45) is 1.04. The second-order valence-corrected chi connectivity index (χ2v) is 12.0. The molecule has 0 saturated carbocycles. The molecule has 0 radical (unpaired) electrons. The number of benzene rings is 3. The molecule has 4 rings (SSSR count). The summed E-state index contributed by atoms with van der Waals surface area (Å²) in [5.74, 6) is 0.178. The molecule has 3 aromatic carbocycles. The molecule has 45 heavy (non-hydrogen) atoms. The predicted molar refractivity (Wildman–Crippen MR) is 176 cm³/mol. The van der Waals surface area contributed by atoms with Crippen molar-refractivity contribution in [1.82, 2.24) is 14.9 Å². The van der Waals surface area contributed by atoms with E-state index in [1.165, 1.54) is 29.8 Å². The summed E-state index contributed by atoms with van der Waals surface area (Å²) in [6, 6.07) is 17.7. The van der Waals surface area contributed by atoms with Gasteiger partial charge in [0.05, 0.1) is 38.2 Å². The standard InChI is InChI=1S/C30H28ClN9O4S/c1-17(36-27(35-3)20(16-32)26(33)34-2)28-38-23-13-8-11-21(31)25(23)29(41)40(28)19-10-7-9-18(15-19)37-30(42)39-22-12-5-6-14-24(22)45(4,43)44/h5-15,17,36H,3H2,1-2,4H3,(H2,33,34)(H2,37,39,42)/b27-20+/t17-/m0/s1. The number of anilines is 2. The lowest BCUT2D eigenvalue weighted by Crippen LogP contribution is -2.31. The molecule has 0 aliphatic rings. The lowest BCUT2D eigenvalue weighted by Gasteiger charge is -2.21. The molecule has 15 heteroatoms. The van der Waals surface area contributed by atoms with Gasteiger partial charge in [0.25, 0.3) is 5.56 Å². The molecule has 1 heterocycles. The van der Waals surface area contributed by atoms with Gasteiger partial charge in [-0.15, -0.1) is 0 Å². The summed E-state index contributed by atoms with van der Waals surface area (Å²) in [5, 5.41) is 18.3. The maximum atomic E-state index is 14.0. The van der Waals surface area contributed by atoms with Crippen molar-refractivity contribution in [1.29, 1.82) is 5.26 Å². The number of amidine groups is 1. The Morgan fingerprint density at radius 2 is 1.84 bits per heavy atom. The Bertz CT molecular complexity index is 2100. The highest BCUT2D eigenvalue weighted by molar-refractivity contribution is 7.90. The number of nitrogens with two attached hydrogens (primary N) is 1. The van der Waals surface area contributed by atoms with Gasteiger partial charge in [0, 0.05) is 19.0 Å². The number of sulfone groups is 1. The second-order valence-electron chi connectivity index (χ2n) is 9.61. The number of carbonyl (C=O) groups is 1. The van der Waals surface area contributed by atoms with Gasteiger partial charge in [-0.2, -0.15) is 5.26 Å². The van der Waals surface area contributed by atoms with Crippen LogP contribution in [0.3, 0.4) is 0 Å². The van der Waals surface area contributed by atoms with E-state index in [-0.39, 0.29) is 49.7 Å². The van der Waals surface area contributed by atoms with E-state index in [0.29, 0.717) is 11.2 Å². The number of carbonyl (C=O) groups excluding carboxylic acids is 1. The fourth-order valence-electron chi connectivity index (χ4n) is 4.46. The SMILES string of the molecule is C=N/C(N[C@@H](C)c1nc2cccc(Cl)c2c(=O)n1-c1cccc(NC(=O)Nc2ccccc2S(C)(=O)=O)c1)=C(C#N)\C(N)=N/C. The highest BCUT2D eigenvalue weighted by Gasteiger charge is 2.22. The van der Waals surface area contributed by atoms with Gasteiger partial charge in [-0.1, -0.05) is 35.9 Å². The number of fused-ring (bicyclic) bond motifs is 1. The Balaban J connectivity index is 1.80. The maximum absolute atomic E-state index is 14.0. The first kappa shape index (κ1) is 32.4. The van der Waals surface area contributed by atoms with Gasteiger partial charge in [0.1, 0.15) is 29.1 Å². The third-order valence-corrected chi connectivity index (χ3v) is 7.98. The number of urea groups is 1. The number of para-hydroxylation sites is 1. The molecule has 0 aliphatic heterocycles. The van der Waals surface area contributed by atoms with Gasteiger partial charge < -0.3 is 21.7 Å². The van der Waals surface area contributed by atoms with Crippen LogP contribution in [-0.4, -0.2) is 49.9 Å². The Morgan fingerprint density at radius 3 is 2.51 bits per heavy atom. The number of halogens is 1. The van der Waals surface area contributed by atoms with Crippen molar-refractivity contribution >= 4 is 62.3 Å². The van der Waals surface area contributed by atoms with E-state index < -0.39 is 27.5 Å². The molecule has 0 aliphatic carbocycles. The normalized spacial score (nSPS) is 12.9. The van der Waals surface area contributed by atoms with Crippen molar-refractivity contribution < 1.29 is 13.2 Å². The van der Waals surface area contributed by atoms with Gasteiger partial charge in [-0.05, 0) is 56.1 Å². The molecule has 2 amide bonds. The molecule has 1 atom stereocenters. The molecule has 5 N–H and O–H groups in total. The van der Waals surface area contributed by atoms with Crippen LogP contribution in [0.4, 0.5) is 16.2 Å². The van der Waals surface area contributed by atoms with Gasteiger partial charge >= 0.3 is 6.03 Å². The first-order valence-electron chi connectivity index (χ1n) is 13.2. The topological polar surface area (TPSA) is 197 Å². The Kier molecular flexibility index (Phi) is 9.66. The lowest BCUT2D eigenvalue weighted by molar-refractivity contribution is 0.262. The van der Waals surface area contributed by atoms with Crippen molar-refractivity contribution in [2.24, 2.45) is 15.7 Å². The van der Waals surface area contributed by atoms with Crippen LogP contribution in [0.15, 0.2) is 97.8 Å². The van der Waals surface area contributed by atoms with Gasteiger partial charge in [0.15, 0.2) is 9.84 Å². The zero-order chi connectivity index (χ0) is 32.9. The number of nitrogens with zero attached hydrogens (tertiary/aromatic N) is 5. The van der Waals surface area contributed by atoms with Crippen molar-refractivity contribution in [3.8, 4) is 11.8 Å². The molecule has 4 aromatic rings. The average Bonchev–Trinajstić information content (AvgIpc) is 3.00. The molecule has 0 spiro atoms. The fraction of sp³-hybridized carbons (Fsp3) is 0.133. The smallest absolute Gasteiger partial charge is 0.323 e. The minimum Gasteiger partial charge on any atom is -0.383 e. The molecule has 0 saturated heterocycles. The summed E-state index contributed by atoms with van der Waals surface area (Å²) in [7, 11) is -2.18. The molecule has 1 aromatic heterocycles. The van der Waals surface area contributed by atoms with E-state index in [2.05, 4.69) is 32.7 Å². The van der Waals surface area contributed by atoms with Crippen molar-refractivity contribution in [3.05, 3.63) is 99.3 Å². The summed E-state index contributed by atoms with van der Waals surface area (Å²) < 4.78 is 25.6. The van der Waals surface area contributed by atoms with Crippen LogP contribution in [0.5, 0.6) is 0 Å². The van der Waals surface area contributed by atoms with Crippen LogP contribution in [0.25, 0.3) is 16.6 Å². The minimum atomic E-state index is -3.61. The van der Waals surface area contributed by atoms with E-state index >= 15 is 0 Å². The zero-order valence-electron chi connectivity index (χ0n) is 24.4. The summed E-state index contributed by atoms with van der Waals surface area (Å²) in [5.41, 5.74) is 6.37. The number of nitriles is 1. The van der Waals surface area contributed by atoms with E-state index in [1.807, 2.05) is 6.07 Å². The van der Waals surface area contributed by atoms with Crippen molar-refractivity contribution in [2.75, 3.05) is 23.9 Å². The van der Waals surface area contributed by atoms with Crippen molar-refractivity contribution in [2.45, 2.75) is 17.9 Å². The van der Waals surface area contributed by atoms with Gasteiger partial charge in [0.2, 0.25) is 0 Å². The largest absolute Gasteiger partial charge is 0.383 e. The quantitative estimate of drug-likeness (QED) is 0.118. The molecular formula is C30H28ClN9O4S. The summed E-state index contributed by atoms with van der Waals surface area (Å²) >= 11 is 6.42. The molecule has 13 nitrogen and oxygen atoms in total. The van der Waals surface area contributed by atoms with Crippen LogP contribution >= 0.6 is 11.6 Å². The molecule has 230 valence electrons. The Labute approximate surface area is 263 Å². The number of rotatable bonds is 9. The summed E-state index contributed by atoms with van der Waals surface area (Å²) in [6.45, 7) is 5.22. The number of aliphatic imine (C=N–C) groups is 2. The number of amides is 2. The van der Waals surface area contributed by atoms with E-state index in [4.69, 9.17) is 22.3 Å². The number of nitrogens with one attached hydrogen (secondary N) is 3. The van der Waals surface area contributed by atoms with Crippen LogP contribution in [0.2, 0.25) is 5.02 Å². The predicted octanol–water partition coefficient (Wildman–Crippen LogP) is 4.16. The lowest BCUT2D eigenvalue weighted by atomic mass is 10.2. The van der Waals surface area contributed by atoms with Crippen LogP contribution < -0.4 is 27.2 Å². The third kappa shape index (κ3) is 7.01. The molecule has 0 bridgehead atoms. The monoisotopic (exact) mass is 645 g/mol. The van der Waals surface area contributed by atoms with E-state index in [9.17, 15) is 23.3 Å². The minimum absolute atomic E-state index is 0.0292. The maximum Gasteiger partial charge on any atom is 0.323 e. The highest BCUT2D eigenvalue weighted by atomic mass is 35.5. The molecule has 0 fully saturated rings. The van der Waals surface area contributed by atoms with E-state index in [0.717, 1.165) is 6.26 Å². The number of hydrogen-bond acceptors (Lipinski definition) is 9. The fourth-order valence-corrected chi connectivity index (χ4v) is 5.55.